The van der Waals surface area contributed by atoms with Gasteiger partial charge < -0.3 is 150 Å². The molecule has 12 fully saturated rings. The molecule has 12 aliphatic rings. The van der Waals surface area contributed by atoms with Gasteiger partial charge in [0.05, 0.1) is 33.0 Å². The fraction of sp³-hybridized carbons (Fsp3) is 0.855. The molecule has 610 valence electrons. The van der Waals surface area contributed by atoms with Crippen LogP contribution >= 0.6 is 0 Å². The molecular weight excluding hydrogens is 1560 g/mol. The molecule has 4 unspecified atom stereocenters. The zero-order chi connectivity index (χ0) is 77.7. The number of rotatable bonds is 13. The van der Waals surface area contributed by atoms with Crippen molar-refractivity contribution in [3.63, 3.8) is 0 Å². The Morgan fingerprint density at radius 3 is 1.28 bits per heavy atom. The minimum atomic E-state index is -5.94. The van der Waals surface area contributed by atoms with E-state index in [1.807, 2.05) is 55.4 Å². The number of hydrogen-bond acceptors (Lipinski definition) is 35. The minimum absolute atomic E-state index is 0. The van der Waals surface area contributed by atoms with Crippen molar-refractivity contribution in [2.24, 2.45) is 5.92 Å². The Kier molecular flexibility index (Phi) is 38.0. The van der Waals surface area contributed by atoms with E-state index < -0.39 is 146 Å². The summed E-state index contributed by atoms with van der Waals surface area (Å²) < 4.78 is 168. The molecule has 12 heterocycles. The smallest absolute Gasteiger partial charge is 0.870 e. The quantitative estimate of drug-likeness (QED) is 0.0801. The first kappa shape index (κ1) is 99.4. The molecule has 0 aromatic heterocycles. The molecule has 0 radical (unpaired) electrons. The van der Waals surface area contributed by atoms with E-state index in [4.69, 9.17) is 138 Å². The molecule has 35 nitrogen and oxygen atoms in total. The monoisotopic (exact) mass is 1680 g/mol. The summed E-state index contributed by atoms with van der Waals surface area (Å²) >= 11 is -5.94. The molecule has 22 atom stereocenters. The summed E-state index contributed by atoms with van der Waals surface area (Å²) in [5.74, 6) is -3.87. The van der Waals surface area contributed by atoms with Gasteiger partial charge in [-0.15, -0.1) is 0 Å². The van der Waals surface area contributed by atoms with Crippen LogP contribution in [0.2, 0.25) is 0 Å². The van der Waals surface area contributed by atoms with Gasteiger partial charge >= 0.3 is 59.1 Å². The van der Waals surface area contributed by atoms with Crippen LogP contribution in [0.25, 0.3) is 10.8 Å². The van der Waals surface area contributed by atoms with Crippen LogP contribution in [0.4, 0.5) is 0 Å². The van der Waals surface area contributed by atoms with Crippen LogP contribution in [0.3, 0.4) is 0 Å². The van der Waals surface area contributed by atoms with Gasteiger partial charge in [-0.3, -0.25) is 13.7 Å². The van der Waals surface area contributed by atoms with Crippen molar-refractivity contribution in [3.8, 4) is 0 Å². The number of methoxy groups -OCH3 is 5. The molecule has 0 aliphatic carbocycles. The Balaban J connectivity index is 0.000000266. The fourth-order valence-electron chi connectivity index (χ4n) is 13.9. The SMILES string of the molecule is CC(C)Cc1ccc2ccccc2c1.CC1(C)OCC([C@H]2O[C@@H]3OC(C)(C)O[C@@H]3[C@@H]2O)O1.CO.COC1O[C@@H]2OC(C)(C)O[C@@H]2[C@@H]1OC.CO[C@H]1[C@H]2OC(C)(C)O[C@H]2OC1(CO)CO.CO[C@H]1[C@H]2OC(C)(C)O[C@H]2O[C@@H]1C(O)CO.CO[C@H]1[C@H]2OC(C)(C)O[C@H]2O[C@@H]1C1COC(C)(C)O1.[Na+].[Na+].[O-][I+3]([O-])([O-])[O-].[OH-]. The first-order valence-electron chi connectivity index (χ1n) is 34.5. The Morgan fingerprint density at radius 2 is 0.860 bits per heavy atom. The van der Waals surface area contributed by atoms with E-state index in [1.54, 1.807) is 62.9 Å². The van der Waals surface area contributed by atoms with Crippen molar-refractivity contribution in [2.45, 2.75) is 299 Å². The molecule has 2 aromatic rings. The molecule has 0 saturated carbocycles. The second-order valence-electron chi connectivity index (χ2n) is 29.8. The van der Waals surface area contributed by atoms with Crippen LogP contribution < -0.4 is 93.0 Å². The second kappa shape index (κ2) is 40.9. The van der Waals surface area contributed by atoms with Gasteiger partial charge in [-0.1, -0.05) is 56.3 Å². The number of benzene rings is 2. The van der Waals surface area contributed by atoms with Gasteiger partial charge in [-0.2, -0.15) is 0 Å². The largest absolute Gasteiger partial charge is 1.00 e. The Labute approximate surface area is 676 Å². The molecule has 14 rings (SSSR count). The van der Waals surface area contributed by atoms with Gasteiger partial charge in [0, 0.05) is 42.7 Å². The first-order valence-corrected chi connectivity index (χ1v) is 38.0. The van der Waals surface area contributed by atoms with E-state index in [0.29, 0.717) is 13.2 Å². The summed E-state index contributed by atoms with van der Waals surface area (Å²) in [6.07, 6.45) is -8.41. The molecule has 12 aliphatic heterocycles. The second-order valence-corrected chi connectivity index (χ2v) is 31.9. The molecule has 38 heteroatoms. The Bertz CT molecular complexity index is 2940. The van der Waals surface area contributed by atoms with Gasteiger partial charge in [-0.05, 0) is 126 Å². The zero-order valence-corrected chi connectivity index (χ0v) is 72.2. The third-order valence-electron chi connectivity index (χ3n) is 18.0. The molecule has 0 bridgehead atoms. The van der Waals surface area contributed by atoms with Crippen molar-refractivity contribution >= 4 is 10.8 Å². The van der Waals surface area contributed by atoms with E-state index in [2.05, 4.69) is 56.3 Å². The fourth-order valence-corrected chi connectivity index (χ4v) is 13.9. The van der Waals surface area contributed by atoms with Crippen LogP contribution in [0.1, 0.15) is 116 Å². The van der Waals surface area contributed by atoms with Crippen LogP contribution in [-0.2, 0) is 120 Å². The van der Waals surface area contributed by atoms with Crippen molar-refractivity contribution in [1.29, 1.82) is 0 Å². The first-order chi connectivity index (χ1) is 48.4. The van der Waals surface area contributed by atoms with Crippen molar-refractivity contribution in [1.82, 2.24) is 0 Å². The van der Waals surface area contributed by atoms with Gasteiger partial charge in [-0.25, -0.2) is 0 Å². The zero-order valence-electron chi connectivity index (χ0n) is 66.0. The summed E-state index contributed by atoms with van der Waals surface area (Å²) in [5.41, 5.74) is 0.291. The Morgan fingerprint density at radius 1 is 0.458 bits per heavy atom. The third-order valence-corrected chi connectivity index (χ3v) is 18.0. The molecule has 0 amide bonds. The molecular formula is C69H115INa2O35. The van der Waals surface area contributed by atoms with Crippen LogP contribution in [0, 0.1) is 5.92 Å². The van der Waals surface area contributed by atoms with Crippen LogP contribution in [0.5, 0.6) is 0 Å². The van der Waals surface area contributed by atoms with Gasteiger partial charge in [0.1, 0.15) is 123 Å². The predicted molar refractivity (Wildman–Crippen MR) is 348 cm³/mol. The molecule has 107 heavy (non-hydrogen) atoms. The molecule has 2 aromatic carbocycles. The van der Waals surface area contributed by atoms with Gasteiger partial charge in [0.25, 0.3) is 0 Å². The molecule has 7 N–H and O–H groups in total. The summed E-state index contributed by atoms with van der Waals surface area (Å²) in [6, 6.07) is 15.3. The maximum Gasteiger partial charge on any atom is 1.00 e. The van der Waals surface area contributed by atoms with E-state index in [1.165, 1.54) is 37.0 Å². The normalized spacial score (nSPS) is 37.2. The Hall–Kier alpha value is 0.0300. The summed E-state index contributed by atoms with van der Waals surface area (Å²) in [7, 11) is 8.84. The number of ether oxygens (including phenoxy) is 24. The van der Waals surface area contributed by atoms with E-state index in [0.717, 1.165) is 13.0 Å². The minimum Gasteiger partial charge on any atom is -0.870 e. The number of aliphatic hydroxyl groups is 6. The van der Waals surface area contributed by atoms with Crippen LogP contribution in [-0.4, -0.2) is 293 Å². The predicted octanol–water partition coefficient (Wildman–Crippen LogP) is -9.92. The molecule has 12 saturated heterocycles. The third kappa shape index (κ3) is 26.3. The maximum atomic E-state index is 10.3. The standard InChI is InChI=1S/C14H16.C13H22O6.C12H20O6.2C10H18O6.C9H16O5.CH4O.IO4.2Na.H2O/c1-11(2)9-12-7-8-13-5-3-4-6-14(13)10-12;1-12(2)15-6-7(17-12)8-9(14-5)10-11(16-8)19-13(3,4)18-10;1-11(2)14-5-6(16-11)8-7(13)9-10(15-8)18-12(3,4)17-9;1-9(2)14-6-7(13-3)10(4-11,5-12)16-8(6)15-9;1-10(2)15-8-7(13-3)6(5(12)4-11)14-9(8)16-10;1-9(2)13-6-5(10-3)7(11-4)12-8(6)14-9;1-2;2-1(3,4)5;;;/h3-8,10-11H,9H2,1-2H3;7-11H,6H2,1-5H3;6-10,13H,5H2,1-4H3;6-8,11-12H,4-5H2,1-3H3;5-9,11-12H,4H2,1-3H3;5-8H,1-4H3;2H,1H3;;;;1H2/q;;;;;;;-1;2*+1;/p-1/t;7?,8-,9-,10-,11-;6?,7-,8-,9-,10-;6-,7+,8+;5?,6-,7-,8-,9-;5-,6+,7?,8+;;;;;/m.11110...../s1. The summed E-state index contributed by atoms with van der Waals surface area (Å²) in [6.45, 7) is 30.0. The van der Waals surface area contributed by atoms with E-state index >= 15 is 0 Å². The number of fused-ring (bicyclic) bond motifs is 6. The summed E-state index contributed by atoms with van der Waals surface area (Å²) in [4.78, 5) is 0. The number of aliphatic hydroxyl groups excluding tert-OH is 6. The average molecular weight is 1680 g/mol. The van der Waals surface area contributed by atoms with E-state index in [9.17, 15) is 20.4 Å². The van der Waals surface area contributed by atoms with Gasteiger partial charge in [0.15, 0.2) is 78.2 Å². The van der Waals surface area contributed by atoms with Crippen LogP contribution in [0.15, 0.2) is 42.5 Å². The average Bonchev–Trinajstić information content (AvgIpc) is 1.61. The topological polar surface area (TPSA) is 465 Å². The van der Waals surface area contributed by atoms with Crippen molar-refractivity contribution < 1.29 is 243 Å². The summed E-state index contributed by atoms with van der Waals surface area (Å²) in [5, 5.41) is 57.1. The number of hydrogen-bond donors (Lipinski definition) is 6. The van der Waals surface area contributed by atoms with Crippen molar-refractivity contribution in [2.75, 3.05) is 75.7 Å². The molecule has 0 spiro atoms. The van der Waals surface area contributed by atoms with Gasteiger partial charge in [0.2, 0.25) is 0 Å². The van der Waals surface area contributed by atoms with E-state index in [-0.39, 0.29) is 140 Å². The number of halogens is 1. The van der Waals surface area contributed by atoms with Crippen molar-refractivity contribution in [3.05, 3.63) is 48.0 Å². The maximum absolute atomic E-state index is 10.3.